The molecule has 8 heteroatoms. The van der Waals surface area contributed by atoms with E-state index in [9.17, 15) is 14.4 Å². The Morgan fingerprint density at radius 1 is 1.32 bits per heavy atom. The van der Waals surface area contributed by atoms with Crippen molar-refractivity contribution < 1.29 is 24.2 Å². The van der Waals surface area contributed by atoms with E-state index in [0.717, 1.165) is 4.70 Å². The van der Waals surface area contributed by atoms with Gasteiger partial charge >= 0.3 is 11.9 Å². The molecule has 0 unspecified atom stereocenters. The van der Waals surface area contributed by atoms with Crippen molar-refractivity contribution in [2.45, 2.75) is 26.2 Å². The lowest BCUT2D eigenvalue weighted by molar-refractivity contribution is -0.141. The predicted octanol–water partition coefficient (Wildman–Crippen LogP) is 2.91. The van der Waals surface area contributed by atoms with Crippen LogP contribution in [0.15, 0.2) is 18.2 Å². The Morgan fingerprint density at radius 3 is 2.76 bits per heavy atom. The molecule has 1 amide bonds. The number of fused-ring (bicyclic) bond motifs is 1. The van der Waals surface area contributed by atoms with Gasteiger partial charge in [-0.15, -0.1) is 0 Å². The number of amides is 1. The van der Waals surface area contributed by atoms with Crippen LogP contribution in [0.4, 0.5) is 5.13 Å². The fraction of sp³-hybridized carbons (Fsp3) is 0.412. The number of thiazole rings is 1. The lowest BCUT2D eigenvalue weighted by atomic mass is 10.0. The second kappa shape index (κ2) is 7.18. The first-order valence-corrected chi connectivity index (χ1v) is 8.91. The van der Waals surface area contributed by atoms with E-state index in [2.05, 4.69) is 10.3 Å². The number of nitrogens with zero attached hydrogens (tertiary/aromatic N) is 1. The number of carbonyl (C=O) groups excluding carboxylic acids is 2. The Balaban J connectivity index is 1.71. The van der Waals surface area contributed by atoms with Gasteiger partial charge in [-0.1, -0.05) is 11.3 Å². The molecule has 0 bridgehead atoms. The third-order valence-corrected chi connectivity index (χ3v) is 5.22. The summed E-state index contributed by atoms with van der Waals surface area (Å²) in [6, 6.07) is 5.04. The smallest absolute Gasteiger partial charge is 0.338 e. The Kier molecular flexibility index (Phi) is 4.98. The number of ether oxygens (including phenoxy) is 1. The van der Waals surface area contributed by atoms with Crippen LogP contribution in [0.1, 0.15) is 36.5 Å². The summed E-state index contributed by atoms with van der Waals surface area (Å²) in [5.74, 6) is -2.19. The zero-order chi connectivity index (χ0) is 18.0. The number of hydrogen-bond acceptors (Lipinski definition) is 6. The molecule has 1 aromatic carbocycles. The predicted molar refractivity (Wildman–Crippen MR) is 92.7 cm³/mol. The highest BCUT2D eigenvalue weighted by Gasteiger charge is 2.34. The van der Waals surface area contributed by atoms with Gasteiger partial charge in [0.15, 0.2) is 5.13 Å². The number of carboxylic acid groups (broad SMARTS) is 1. The third-order valence-electron chi connectivity index (χ3n) is 4.28. The van der Waals surface area contributed by atoms with E-state index >= 15 is 0 Å². The molecule has 0 spiro atoms. The Labute approximate surface area is 148 Å². The van der Waals surface area contributed by atoms with Crippen molar-refractivity contribution in [2.24, 2.45) is 11.8 Å². The summed E-state index contributed by atoms with van der Waals surface area (Å²) in [4.78, 5) is 39.4. The number of benzene rings is 1. The Hall–Kier alpha value is -2.48. The maximum absolute atomic E-state index is 12.3. The van der Waals surface area contributed by atoms with Gasteiger partial charge in [0, 0.05) is 5.92 Å². The molecular formula is C17H18N2O5S. The van der Waals surface area contributed by atoms with E-state index in [4.69, 9.17) is 9.84 Å². The van der Waals surface area contributed by atoms with Crippen LogP contribution in [0.25, 0.3) is 10.2 Å². The summed E-state index contributed by atoms with van der Waals surface area (Å²) in [6.07, 6.45) is 1.45. The zero-order valence-corrected chi connectivity index (χ0v) is 14.5. The van der Waals surface area contributed by atoms with Crippen LogP contribution in [-0.2, 0) is 14.3 Å². The first-order valence-electron chi connectivity index (χ1n) is 8.09. The van der Waals surface area contributed by atoms with Crippen molar-refractivity contribution in [1.82, 2.24) is 4.98 Å². The largest absolute Gasteiger partial charge is 0.481 e. The highest BCUT2D eigenvalue weighted by Crippen LogP contribution is 2.33. The van der Waals surface area contributed by atoms with Gasteiger partial charge in [0.25, 0.3) is 0 Å². The van der Waals surface area contributed by atoms with E-state index in [1.807, 2.05) is 0 Å². The van der Waals surface area contributed by atoms with Crippen molar-refractivity contribution in [3.63, 3.8) is 0 Å². The minimum atomic E-state index is -0.846. The van der Waals surface area contributed by atoms with Gasteiger partial charge in [0.05, 0.1) is 28.3 Å². The number of hydrogen-bond donors (Lipinski definition) is 2. The number of nitrogens with one attached hydrogen (secondary N) is 1. The van der Waals surface area contributed by atoms with E-state index < -0.39 is 17.9 Å². The van der Waals surface area contributed by atoms with Gasteiger partial charge in [0.1, 0.15) is 0 Å². The van der Waals surface area contributed by atoms with Crippen LogP contribution in [-0.4, -0.2) is 34.5 Å². The Morgan fingerprint density at radius 2 is 2.08 bits per heavy atom. The summed E-state index contributed by atoms with van der Waals surface area (Å²) in [5.41, 5.74) is 1.12. The van der Waals surface area contributed by atoms with Crippen molar-refractivity contribution in [2.75, 3.05) is 11.9 Å². The van der Waals surface area contributed by atoms with Crippen LogP contribution in [0.5, 0.6) is 0 Å². The molecule has 2 atom stereocenters. The van der Waals surface area contributed by atoms with E-state index in [1.165, 1.54) is 11.3 Å². The average Bonchev–Trinajstić information content (AvgIpc) is 3.20. The van der Waals surface area contributed by atoms with Crippen molar-refractivity contribution in [3.05, 3.63) is 23.8 Å². The summed E-state index contributed by atoms with van der Waals surface area (Å²) in [7, 11) is 0. The molecule has 7 nitrogen and oxygen atoms in total. The average molecular weight is 362 g/mol. The molecule has 2 N–H and O–H groups in total. The summed E-state index contributed by atoms with van der Waals surface area (Å²) in [5, 5.41) is 12.2. The van der Waals surface area contributed by atoms with Gasteiger partial charge in [-0.25, -0.2) is 9.78 Å². The molecule has 2 aromatic rings. The van der Waals surface area contributed by atoms with Crippen LogP contribution in [0.2, 0.25) is 0 Å². The van der Waals surface area contributed by atoms with Gasteiger partial charge in [-0.2, -0.15) is 0 Å². The minimum absolute atomic E-state index is 0.201. The molecule has 0 saturated heterocycles. The molecule has 132 valence electrons. The van der Waals surface area contributed by atoms with E-state index in [1.54, 1.807) is 25.1 Å². The Bertz CT molecular complexity index is 832. The molecule has 1 aliphatic carbocycles. The number of rotatable bonds is 5. The monoisotopic (exact) mass is 362 g/mol. The van der Waals surface area contributed by atoms with Gasteiger partial charge in [0.2, 0.25) is 5.91 Å². The van der Waals surface area contributed by atoms with Crippen LogP contribution >= 0.6 is 11.3 Å². The molecule has 1 heterocycles. The fourth-order valence-electron chi connectivity index (χ4n) is 2.97. The molecule has 25 heavy (non-hydrogen) atoms. The third kappa shape index (κ3) is 3.79. The quantitative estimate of drug-likeness (QED) is 0.792. The molecule has 0 aliphatic heterocycles. The van der Waals surface area contributed by atoms with Crippen LogP contribution in [0, 0.1) is 11.8 Å². The van der Waals surface area contributed by atoms with Crippen LogP contribution in [0.3, 0.4) is 0 Å². The lowest BCUT2D eigenvalue weighted by Crippen LogP contribution is -2.21. The maximum atomic E-state index is 12.3. The minimum Gasteiger partial charge on any atom is -0.481 e. The van der Waals surface area contributed by atoms with E-state index in [-0.39, 0.29) is 11.8 Å². The number of anilines is 1. The van der Waals surface area contributed by atoms with Crippen LogP contribution < -0.4 is 5.32 Å². The molecule has 1 aliphatic rings. The van der Waals surface area contributed by atoms with Crippen molar-refractivity contribution >= 4 is 44.5 Å². The van der Waals surface area contributed by atoms with Gasteiger partial charge in [-0.05, 0) is 44.4 Å². The summed E-state index contributed by atoms with van der Waals surface area (Å²) >= 11 is 1.27. The standard InChI is InChI=1S/C17H18N2O5S/c1-2-24-16(23)11-5-6-12-13(8-11)25-17(18-12)19-14(20)9-3-4-10(7-9)15(21)22/h5-6,8-10H,2-4,7H2,1H3,(H,21,22)(H,18,19,20)/t9-,10+/m1/s1. The zero-order valence-electron chi connectivity index (χ0n) is 13.7. The first kappa shape index (κ1) is 17.3. The number of esters is 1. The summed E-state index contributed by atoms with van der Waals surface area (Å²) in [6.45, 7) is 2.05. The second-order valence-electron chi connectivity index (χ2n) is 5.96. The van der Waals surface area contributed by atoms with E-state index in [0.29, 0.717) is 42.1 Å². The topological polar surface area (TPSA) is 106 Å². The summed E-state index contributed by atoms with van der Waals surface area (Å²) < 4.78 is 5.75. The fourth-order valence-corrected chi connectivity index (χ4v) is 3.88. The molecule has 1 fully saturated rings. The number of aromatic nitrogens is 1. The second-order valence-corrected chi connectivity index (χ2v) is 6.99. The lowest BCUT2D eigenvalue weighted by Gasteiger charge is -2.08. The van der Waals surface area contributed by atoms with Gasteiger partial charge < -0.3 is 15.2 Å². The van der Waals surface area contributed by atoms with Crippen molar-refractivity contribution in [3.8, 4) is 0 Å². The molecule has 0 radical (unpaired) electrons. The molecule has 1 aromatic heterocycles. The SMILES string of the molecule is CCOC(=O)c1ccc2nc(NC(=O)[C@@H]3CC[C@H](C(=O)O)C3)sc2c1. The molecule has 3 rings (SSSR count). The highest BCUT2D eigenvalue weighted by atomic mass is 32.1. The van der Waals surface area contributed by atoms with Gasteiger partial charge in [-0.3, -0.25) is 9.59 Å². The van der Waals surface area contributed by atoms with Crippen molar-refractivity contribution in [1.29, 1.82) is 0 Å². The number of aliphatic carboxylic acids is 1. The highest BCUT2D eigenvalue weighted by molar-refractivity contribution is 7.22. The number of carbonyl (C=O) groups is 3. The first-order chi connectivity index (χ1) is 12.0. The number of carboxylic acids is 1. The maximum Gasteiger partial charge on any atom is 0.338 e. The normalized spacial score (nSPS) is 19.7. The molecular weight excluding hydrogens is 344 g/mol. The molecule has 1 saturated carbocycles.